The van der Waals surface area contributed by atoms with E-state index in [1.807, 2.05) is 35.9 Å². The van der Waals surface area contributed by atoms with E-state index in [4.69, 9.17) is 9.57 Å². The molecule has 0 radical (unpaired) electrons. The first-order valence-corrected chi connectivity index (χ1v) is 11.3. The Balaban J connectivity index is 1.33. The molecule has 3 heterocycles. The molecule has 3 aliphatic rings. The fraction of sp³-hybridized carbons (Fsp3) is 0.308. The number of amidine groups is 1. The van der Waals surface area contributed by atoms with Crippen LogP contribution in [0.2, 0.25) is 0 Å². The molecular formula is C26H25FN4O2. The van der Waals surface area contributed by atoms with Crippen LogP contribution >= 0.6 is 0 Å². The molecule has 3 aromatic rings. The summed E-state index contributed by atoms with van der Waals surface area (Å²) < 4.78 is 21.4. The molecule has 1 saturated heterocycles. The number of piperidine rings is 1. The molecule has 168 valence electrons. The molecule has 1 unspecified atom stereocenters. The number of oxime groups is 1. The molecule has 0 bridgehead atoms. The van der Waals surface area contributed by atoms with Gasteiger partial charge in [-0.15, -0.1) is 0 Å². The minimum Gasteiger partial charge on any atom is -0.495 e. The summed E-state index contributed by atoms with van der Waals surface area (Å²) >= 11 is 0. The van der Waals surface area contributed by atoms with Gasteiger partial charge in [0.05, 0.1) is 24.8 Å². The number of aromatic nitrogens is 2. The highest BCUT2D eigenvalue weighted by Crippen LogP contribution is 2.48. The average molecular weight is 445 g/mol. The molecule has 33 heavy (non-hydrogen) atoms. The first kappa shape index (κ1) is 20.0. The van der Waals surface area contributed by atoms with E-state index in [1.165, 1.54) is 6.07 Å². The van der Waals surface area contributed by atoms with Gasteiger partial charge in [-0.1, -0.05) is 11.2 Å². The Bertz CT molecular complexity index is 1310. The van der Waals surface area contributed by atoms with Gasteiger partial charge in [0.15, 0.2) is 5.84 Å². The molecule has 0 N–H and O–H groups in total. The van der Waals surface area contributed by atoms with Crippen LogP contribution in [0.25, 0.3) is 11.8 Å². The van der Waals surface area contributed by atoms with Gasteiger partial charge in [-0.2, -0.15) is 0 Å². The predicted molar refractivity (Wildman–Crippen MR) is 124 cm³/mol. The van der Waals surface area contributed by atoms with Crippen molar-refractivity contribution in [3.8, 4) is 11.4 Å². The van der Waals surface area contributed by atoms with Crippen molar-refractivity contribution in [1.82, 2.24) is 14.5 Å². The summed E-state index contributed by atoms with van der Waals surface area (Å²) in [5, 5.41) is 4.54. The number of nitrogens with zero attached hydrogens (tertiary/aromatic N) is 4. The zero-order valence-electron chi connectivity index (χ0n) is 18.7. The summed E-state index contributed by atoms with van der Waals surface area (Å²) in [6.07, 6.45) is 9.44. The minimum atomic E-state index is -0.612. The Labute approximate surface area is 191 Å². The normalized spacial score (nSPS) is 22.3. The number of fused-ring (bicyclic) bond motifs is 4. The molecule has 1 aromatic heterocycles. The third-order valence-electron chi connectivity index (χ3n) is 6.85. The van der Waals surface area contributed by atoms with E-state index >= 15 is 0 Å². The summed E-state index contributed by atoms with van der Waals surface area (Å²) in [4.78, 5) is 12.7. The van der Waals surface area contributed by atoms with Gasteiger partial charge in [-0.3, -0.25) is 0 Å². The fourth-order valence-corrected chi connectivity index (χ4v) is 5.30. The van der Waals surface area contributed by atoms with Gasteiger partial charge in [0.1, 0.15) is 11.6 Å². The van der Waals surface area contributed by atoms with Crippen LogP contribution in [0.3, 0.4) is 0 Å². The fourth-order valence-electron chi connectivity index (χ4n) is 5.30. The number of hydrogen-bond donors (Lipinski definition) is 0. The maximum Gasteiger partial charge on any atom is 0.237 e. The van der Waals surface area contributed by atoms with E-state index in [-0.39, 0.29) is 5.82 Å². The van der Waals surface area contributed by atoms with Crippen LogP contribution in [0.1, 0.15) is 41.6 Å². The lowest BCUT2D eigenvalue weighted by atomic mass is 9.95. The molecule has 0 saturated carbocycles. The maximum atomic E-state index is 13.8. The van der Waals surface area contributed by atoms with E-state index < -0.39 is 5.72 Å². The van der Waals surface area contributed by atoms with Gasteiger partial charge in [-0.05, 0) is 79.3 Å². The molecule has 2 aliphatic heterocycles. The van der Waals surface area contributed by atoms with Crippen molar-refractivity contribution in [2.24, 2.45) is 5.16 Å². The molecule has 6 rings (SSSR count). The van der Waals surface area contributed by atoms with E-state index in [0.29, 0.717) is 0 Å². The Morgan fingerprint density at radius 1 is 1.18 bits per heavy atom. The van der Waals surface area contributed by atoms with Gasteiger partial charge in [-0.25, -0.2) is 9.37 Å². The molecule has 1 spiro atoms. The van der Waals surface area contributed by atoms with Crippen LogP contribution in [0, 0.1) is 12.7 Å². The summed E-state index contributed by atoms with van der Waals surface area (Å²) in [7, 11) is 1.68. The largest absolute Gasteiger partial charge is 0.495 e. The Hall–Kier alpha value is -3.61. The molecule has 2 aromatic carbocycles. The predicted octanol–water partition coefficient (Wildman–Crippen LogP) is 4.95. The molecule has 1 aliphatic carbocycles. The number of rotatable bonds is 3. The third-order valence-corrected chi connectivity index (χ3v) is 6.85. The third kappa shape index (κ3) is 3.14. The van der Waals surface area contributed by atoms with Crippen molar-refractivity contribution in [2.45, 2.75) is 38.3 Å². The molecule has 1 atom stereocenters. The van der Waals surface area contributed by atoms with Crippen LogP contribution in [0.4, 0.5) is 4.39 Å². The van der Waals surface area contributed by atoms with Crippen LogP contribution in [0.5, 0.6) is 5.75 Å². The molecular weight excluding hydrogens is 419 g/mol. The summed E-state index contributed by atoms with van der Waals surface area (Å²) in [6, 6.07) is 11.2. The first-order chi connectivity index (χ1) is 16.1. The highest BCUT2D eigenvalue weighted by atomic mass is 19.1. The standard InChI is InChI=1S/C26H25FN4O2/c1-17-15-30(16-28-17)23-8-5-18(13-24(23)32-2)12-20-4-3-11-31-25(20)29-33-26(31)10-9-19-14-21(27)6-7-22(19)26/h5-8,12-16H,3-4,9-11H2,1-2H3/b20-12-. The first-order valence-electron chi connectivity index (χ1n) is 11.3. The quantitative estimate of drug-likeness (QED) is 0.574. The minimum absolute atomic E-state index is 0.201. The van der Waals surface area contributed by atoms with Crippen molar-refractivity contribution in [2.75, 3.05) is 13.7 Å². The SMILES string of the molecule is COc1cc(/C=C2/CCCN3C2=NOC32CCc3cc(F)ccc32)ccc1-n1cnc(C)c1. The highest BCUT2D eigenvalue weighted by molar-refractivity contribution is 6.03. The van der Waals surface area contributed by atoms with E-state index in [0.717, 1.165) is 77.5 Å². The van der Waals surface area contributed by atoms with Crippen molar-refractivity contribution in [3.63, 3.8) is 0 Å². The molecule has 6 nitrogen and oxygen atoms in total. The second-order valence-electron chi connectivity index (χ2n) is 8.87. The number of ether oxygens (including phenoxy) is 1. The van der Waals surface area contributed by atoms with Gasteiger partial charge in [0.25, 0.3) is 0 Å². The monoisotopic (exact) mass is 444 g/mol. The lowest BCUT2D eigenvalue weighted by Gasteiger charge is -2.38. The number of aryl methyl sites for hydroxylation is 2. The van der Waals surface area contributed by atoms with Gasteiger partial charge in [0.2, 0.25) is 5.72 Å². The van der Waals surface area contributed by atoms with Crippen molar-refractivity contribution >= 4 is 11.9 Å². The average Bonchev–Trinajstić information content (AvgIpc) is 3.52. The number of halogens is 1. The molecule has 1 fully saturated rings. The number of methoxy groups -OCH3 is 1. The maximum absolute atomic E-state index is 13.8. The Morgan fingerprint density at radius 2 is 2.09 bits per heavy atom. The topological polar surface area (TPSA) is 51.9 Å². The Morgan fingerprint density at radius 3 is 2.91 bits per heavy atom. The summed E-state index contributed by atoms with van der Waals surface area (Å²) in [5.41, 5.74) is 5.52. The van der Waals surface area contributed by atoms with Crippen molar-refractivity contribution in [3.05, 3.63) is 82.7 Å². The zero-order chi connectivity index (χ0) is 22.6. The number of imidazole rings is 1. The van der Waals surface area contributed by atoms with E-state index in [1.54, 1.807) is 19.5 Å². The number of benzene rings is 2. The van der Waals surface area contributed by atoms with Crippen LogP contribution in [-0.2, 0) is 17.0 Å². The van der Waals surface area contributed by atoms with Crippen LogP contribution < -0.4 is 4.74 Å². The van der Waals surface area contributed by atoms with Gasteiger partial charge >= 0.3 is 0 Å². The highest BCUT2D eigenvalue weighted by Gasteiger charge is 2.52. The van der Waals surface area contributed by atoms with E-state index in [9.17, 15) is 4.39 Å². The van der Waals surface area contributed by atoms with Gasteiger partial charge < -0.3 is 19.0 Å². The van der Waals surface area contributed by atoms with Gasteiger partial charge in [0, 0.05) is 24.7 Å². The lowest BCUT2D eigenvalue weighted by Crippen LogP contribution is -2.47. The number of hydrogen-bond acceptors (Lipinski definition) is 5. The molecule has 0 amide bonds. The zero-order valence-corrected chi connectivity index (χ0v) is 18.7. The molecule has 7 heteroatoms. The second-order valence-corrected chi connectivity index (χ2v) is 8.87. The van der Waals surface area contributed by atoms with Crippen molar-refractivity contribution in [1.29, 1.82) is 0 Å². The summed E-state index contributed by atoms with van der Waals surface area (Å²) in [5.74, 6) is 1.46. The second kappa shape index (κ2) is 7.47. The summed E-state index contributed by atoms with van der Waals surface area (Å²) in [6.45, 7) is 2.84. The van der Waals surface area contributed by atoms with E-state index in [2.05, 4.69) is 27.2 Å². The smallest absolute Gasteiger partial charge is 0.237 e. The van der Waals surface area contributed by atoms with Crippen molar-refractivity contribution < 1.29 is 14.0 Å². The van der Waals surface area contributed by atoms with Crippen LogP contribution in [-0.4, -0.2) is 33.9 Å². The van der Waals surface area contributed by atoms with Crippen LogP contribution in [0.15, 0.2) is 59.7 Å². The lowest BCUT2D eigenvalue weighted by molar-refractivity contribution is -0.105. The Kier molecular flexibility index (Phi) is 4.54.